The van der Waals surface area contributed by atoms with Gasteiger partial charge in [0.1, 0.15) is 5.69 Å². The van der Waals surface area contributed by atoms with Gasteiger partial charge in [-0.1, -0.05) is 12.1 Å². The molecule has 7 heteroatoms. The Morgan fingerprint density at radius 3 is 3.00 bits per heavy atom. The van der Waals surface area contributed by atoms with Gasteiger partial charge in [-0.25, -0.2) is 5.10 Å². The normalized spacial score (nSPS) is 21.6. The highest BCUT2D eigenvalue weighted by atomic mass is 16.4. The van der Waals surface area contributed by atoms with Crippen LogP contribution in [0.4, 0.5) is 0 Å². The fourth-order valence-corrected chi connectivity index (χ4v) is 2.22. The highest BCUT2D eigenvalue weighted by Gasteiger charge is 2.28. The molecule has 7 nitrogen and oxygen atoms in total. The van der Waals surface area contributed by atoms with Gasteiger partial charge >= 0.3 is 0 Å². The number of hydrogen-bond acceptors (Lipinski definition) is 5. The molecule has 1 amide bonds. The molecule has 2 rings (SSSR count). The first-order chi connectivity index (χ1) is 9.15. The molecule has 1 aliphatic rings. The van der Waals surface area contributed by atoms with Crippen molar-refractivity contribution in [3.8, 4) is 0 Å². The molecule has 1 aliphatic heterocycles. The summed E-state index contributed by atoms with van der Waals surface area (Å²) >= 11 is 0. The number of amides is 1. The van der Waals surface area contributed by atoms with Crippen LogP contribution in [0.25, 0.3) is 0 Å². The number of aromatic nitrogens is 2. The number of oxime groups is 1. The van der Waals surface area contributed by atoms with Crippen LogP contribution in [0.1, 0.15) is 30.3 Å². The largest absolute Gasteiger partial charge is 0.411 e. The number of carbonyl (C=O) groups is 1. The van der Waals surface area contributed by atoms with Crippen molar-refractivity contribution in [3.05, 3.63) is 28.2 Å². The molecular formula is C12H16N4O3. The molecule has 0 spiro atoms. The van der Waals surface area contributed by atoms with Crippen LogP contribution in [0.15, 0.2) is 22.1 Å². The number of nitrogens with one attached hydrogen (secondary N) is 1. The Morgan fingerprint density at radius 1 is 1.63 bits per heavy atom. The molecule has 1 atom stereocenters. The number of hydrogen-bond donors (Lipinski definition) is 2. The van der Waals surface area contributed by atoms with E-state index >= 15 is 0 Å². The number of aromatic amines is 1. The number of likely N-dealkylation sites (tertiary alicyclic amines) is 1. The standard InChI is InChI=1S/C12H16N4O3/c1-2-8-7-16(6-5-9(8)15-19)12(18)10-3-4-11(17)14-13-10/h3-4,8,19H,2,5-7H2,1H3,(H,14,17)/b15-9+. The zero-order valence-corrected chi connectivity index (χ0v) is 10.7. The Hall–Kier alpha value is -2.18. The number of H-pyrrole nitrogens is 1. The molecule has 102 valence electrons. The lowest BCUT2D eigenvalue weighted by Crippen LogP contribution is -2.44. The van der Waals surface area contributed by atoms with E-state index in [0.29, 0.717) is 19.5 Å². The molecule has 19 heavy (non-hydrogen) atoms. The molecule has 0 saturated carbocycles. The second-order valence-corrected chi connectivity index (χ2v) is 4.50. The first-order valence-electron chi connectivity index (χ1n) is 6.21. The van der Waals surface area contributed by atoms with Crippen molar-refractivity contribution in [1.82, 2.24) is 15.1 Å². The third-order valence-corrected chi connectivity index (χ3v) is 3.36. The van der Waals surface area contributed by atoms with Gasteiger partial charge in [0.05, 0.1) is 5.71 Å². The summed E-state index contributed by atoms with van der Waals surface area (Å²) in [4.78, 5) is 24.8. The second kappa shape index (κ2) is 5.64. The topological polar surface area (TPSA) is 98.7 Å². The van der Waals surface area contributed by atoms with E-state index in [0.717, 1.165) is 12.1 Å². The first kappa shape index (κ1) is 13.3. The van der Waals surface area contributed by atoms with Gasteiger partial charge in [0, 0.05) is 31.5 Å². The molecule has 1 aromatic rings. The SMILES string of the molecule is CCC1CN(C(=O)c2ccc(=O)[nH]n2)CC/C1=N\O. The molecule has 2 N–H and O–H groups in total. The van der Waals surface area contributed by atoms with E-state index in [4.69, 9.17) is 5.21 Å². The fraction of sp³-hybridized carbons (Fsp3) is 0.500. The predicted molar refractivity (Wildman–Crippen MR) is 68.4 cm³/mol. The quantitative estimate of drug-likeness (QED) is 0.599. The van der Waals surface area contributed by atoms with E-state index in [1.54, 1.807) is 4.90 Å². The van der Waals surface area contributed by atoms with Crippen molar-refractivity contribution >= 4 is 11.6 Å². The van der Waals surface area contributed by atoms with Crippen molar-refractivity contribution in [2.45, 2.75) is 19.8 Å². The molecule has 0 bridgehead atoms. The molecule has 0 aliphatic carbocycles. The molecule has 1 saturated heterocycles. The van der Waals surface area contributed by atoms with Gasteiger partial charge in [-0.3, -0.25) is 9.59 Å². The lowest BCUT2D eigenvalue weighted by molar-refractivity contribution is 0.0721. The summed E-state index contributed by atoms with van der Waals surface area (Å²) in [5, 5.41) is 18.2. The summed E-state index contributed by atoms with van der Waals surface area (Å²) in [5.41, 5.74) is 0.621. The van der Waals surface area contributed by atoms with Crippen molar-refractivity contribution in [1.29, 1.82) is 0 Å². The van der Waals surface area contributed by atoms with Crippen LogP contribution in [-0.4, -0.2) is 45.0 Å². The van der Waals surface area contributed by atoms with Gasteiger partial charge in [-0.15, -0.1) is 0 Å². The molecule has 0 radical (unpaired) electrons. The average Bonchev–Trinajstić information content (AvgIpc) is 2.46. The smallest absolute Gasteiger partial charge is 0.274 e. The minimum absolute atomic E-state index is 0.0745. The number of piperidine rings is 1. The monoisotopic (exact) mass is 264 g/mol. The van der Waals surface area contributed by atoms with E-state index in [1.807, 2.05) is 6.92 Å². The van der Waals surface area contributed by atoms with Crippen molar-refractivity contribution in [2.75, 3.05) is 13.1 Å². The molecule has 2 heterocycles. The summed E-state index contributed by atoms with van der Waals surface area (Å²) < 4.78 is 0. The van der Waals surface area contributed by atoms with Crippen LogP contribution < -0.4 is 5.56 Å². The van der Waals surface area contributed by atoms with Crippen molar-refractivity contribution in [3.63, 3.8) is 0 Å². The highest BCUT2D eigenvalue weighted by molar-refractivity contribution is 5.94. The molecule has 1 fully saturated rings. The number of nitrogens with zero attached hydrogens (tertiary/aromatic N) is 3. The lowest BCUT2D eigenvalue weighted by Gasteiger charge is -2.32. The molecule has 0 aromatic carbocycles. The van der Waals surface area contributed by atoms with E-state index < -0.39 is 0 Å². The summed E-state index contributed by atoms with van der Waals surface area (Å²) in [6.45, 7) is 2.99. The lowest BCUT2D eigenvalue weighted by atomic mass is 9.93. The summed E-state index contributed by atoms with van der Waals surface area (Å²) in [5.74, 6) is -0.142. The molecule has 1 aromatic heterocycles. The Labute approximate surface area is 109 Å². The minimum atomic E-state index is -0.337. The number of carbonyl (C=O) groups excluding carboxylic acids is 1. The van der Waals surface area contributed by atoms with Crippen LogP contribution in [0.5, 0.6) is 0 Å². The second-order valence-electron chi connectivity index (χ2n) is 4.50. The van der Waals surface area contributed by atoms with E-state index in [9.17, 15) is 9.59 Å². The number of rotatable bonds is 2. The maximum absolute atomic E-state index is 12.2. The Bertz CT molecular complexity index is 532. The van der Waals surface area contributed by atoms with Crippen LogP contribution in [0.3, 0.4) is 0 Å². The molecular weight excluding hydrogens is 248 g/mol. The fourth-order valence-electron chi connectivity index (χ4n) is 2.22. The minimum Gasteiger partial charge on any atom is -0.411 e. The maximum Gasteiger partial charge on any atom is 0.274 e. The Balaban J connectivity index is 2.12. The third kappa shape index (κ3) is 2.81. The summed E-state index contributed by atoms with van der Waals surface area (Å²) in [7, 11) is 0. The highest BCUT2D eigenvalue weighted by Crippen LogP contribution is 2.18. The third-order valence-electron chi connectivity index (χ3n) is 3.36. The van der Waals surface area contributed by atoms with Crippen LogP contribution in [-0.2, 0) is 0 Å². The van der Waals surface area contributed by atoms with Crippen LogP contribution in [0, 0.1) is 5.92 Å². The summed E-state index contributed by atoms with van der Waals surface area (Å²) in [6, 6.07) is 2.69. The van der Waals surface area contributed by atoms with Gasteiger partial charge in [0.15, 0.2) is 0 Å². The maximum atomic E-state index is 12.2. The zero-order chi connectivity index (χ0) is 13.8. The molecule has 1 unspecified atom stereocenters. The van der Waals surface area contributed by atoms with Crippen molar-refractivity contribution < 1.29 is 10.0 Å². The predicted octanol–water partition coefficient (Wildman–Crippen LogP) is 0.472. The van der Waals surface area contributed by atoms with Gasteiger partial charge in [0.25, 0.3) is 11.5 Å². The van der Waals surface area contributed by atoms with E-state index in [-0.39, 0.29) is 23.1 Å². The first-order valence-corrected chi connectivity index (χ1v) is 6.21. The van der Waals surface area contributed by atoms with Gasteiger partial charge in [-0.2, -0.15) is 5.10 Å². The van der Waals surface area contributed by atoms with Gasteiger partial charge in [-0.05, 0) is 12.5 Å². The van der Waals surface area contributed by atoms with Crippen molar-refractivity contribution in [2.24, 2.45) is 11.1 Å². The van der Waals surface area contributed by atoms with Gasteiger partial charge < -0.3 is 10.1 Å². The van der Waals surface area contributed by atoms with Crippen LogP contribution in [0.2, 0.25) is 0 Å². The average molecular weight is 264 g/mol. The Kier molecular flexibility index (Phi) is 3.94. The van der Waals surface area contributed by atoms with Gasteiger partial charge in [0.2, 0.25) is 0 Å². The summed E-state index contributed by atoms with van der Waals surface area (Å²) in [6.07, 6.45) is 1.37. The Morgan fingerprint density at radius 2 is 2.42 bits per heavy atom. The zero-order valence-electron chi connectivity index (χ0n) is 10.7. The van der Waals surface area contributed by atoms with E-state index in [2.05, 4.69) is 15.4 Å². The van der Waals surface area contributed by atoms with E-state index in [1.165, 1.54) is 12.1 Å². The van der Waals surface area contributed by atoms with Crippen LogP contribution >= 0.6 is 0 Å².